The summed E-state index contributed by atoms with van der Waals surface area (Å²) in [5.74, 6) is 0. The second-order valence-electron chi connectivity index (χ2n) is 4.47. The molecule has 0 aliphatic carbocycles. The van der Waals surface area contributed by atoms with E-state index in [0.717, 1.165) is 4.68 Å². The molecule has 0 spiro atoms. The number of nitrogens with zero attached hydrogens (tertiary/aromatic N) is 5. The van der Waals surface area contributed by atoms with Crippen LogP contribution in [-0.4, -0.2) is 57.5 Å². The van der Waals surface area contributed by atoms with Gasteiger partial charge in [-0.15, -0.1) is 4.68 Å². The van der Waals surface area contributed by atoms with Crippen molar-refractivity contribution >= 4 is 17.6 Å². The van der Waals surface area contributed by atoms with Crippen LogP contribution in [0.1, 0.15) is 6.92 Å². The molecule has 0 fully saturated rings. The largest absolute Gasteiger partial charge is 0.380 e. The van der Waals surface area contributed by atoms with Crippen molar-refractivity contribution in [2.75, 3.05) is 26.8 Å². The maximum atomic E-state index is 12.2. The van der Waals surface area contributed by atoms with Crippen LogP contribution in [-0.2, 0) is 4.74 Å². The number of carbonyl (C=O) groups excluding carboxylic acids is 1. The molecule has 0 N–H and O–H groups in total. The van der Waals surface area contributed by atoms with E-state index in [0.29, 0.717) is 35.2 Å². The minimum Gasteiger partial charge on any atom is -0.380 e. The Morgan fingerprint density at radius 2 is 2.18 bits per heavy atom. The van der Waals surface area contributed by atoms with Gasteiger partial charge in [0.2, 0.25) is 0 Å². The molecule has 118 valence electrons. The third-order valence-corrected chi connectivity index (χ3v) is 3.15. The lowest BCUT2D eigenvalue weighted by Gasteiger charge is -2.14. The van der Waals surface area contributed by atoms with Crippen LogP contribution in [0, 0.1) is 0 Å². The van der Waals surface area contributed by atoms with Crippen molar-refractivity contribution in [3.05, 3.63) is 39.8 Å². The van der Waals surface area contributed by atoms with E-state index in [1.807, 2.05) is 6.92 Å². The summed E-state index contributed by atoms with van der Waals surface area (Å²) in [5, 5.41) is 7.78. The van der Waals surface area contributed by atoms with Crippen molar-refractivity contribution in [3.63, 3.8) is 0 Å². The summed E-state index contributed by atoms with van der Waals surface area (Å²) in [6, 6.07) is 5.99. The lowest BCUT2D eigenvalue weighted by molar-refractivity contribution is 0.125. The lowest BCUT2D eigenvalue weighted by Crippen LogP contribution is -2.40. The van der Waals surface area contributed by atoms with Crippen LogP contribution in [0.3, 0.4) is 0 Å². The molecular formula is C13H16ClN5O3. The van der Waals surface area contributed by atoms with Gasteiger partial charge in [-0.25, -0.2) is 9.59 Å². The Morgan fingerprint density at radius 3 is 2.86 bits per heavy atom. The minimum absolute atomic E-state index is 0.350. The highest BCUT2D eigenvalue weighted by molar-refractivity contribution is 6.30. The van der Waals surface area contributed by atoms with E-state index in [1.54, 1.807) is 31.3 Å². The molecule has 0 saturated heterocycles. The Labute approximate surface area is 131 Å². The smallest absolute Gasteiger partial charge is 0.377 e. The van der Waals surface area contributed by atoms with Crippen LogP contribution < -0.4 is 5.69 Å². The van der Waals surface area contributed by atoms with Crippen LogP contribution in [0.15, 0.2) is 29.1 Å². The molecule has 0 saturated carbocycles. The van der Waals surface area contributed by atoms with Crippen LogP contribution in [0.25, 0.3) is 5.69 Å². The molecule has 1 amide bonds. The van der Waals surface area contributed by atoms with Crippen molar-refractivity contribution in [1.82, 2.24) is 24.7 Å². The molecule has 0 unspecified atom stereocenters. The van der Waals surface area contributed by atoms with Gasteiger partial charge in [-0.05, 0) is 35.5 Å². The van der Waals surface area contributed by atoms with E-state index in [9.17, 15) is 9.59 Å². The van der Waals surface area contributed by atoms with Gasteiger partial charge in [-0.2, -0.15) is 4.68 Å². The number of hydrogen-bond acceptors (Lipinski definition) is 5. The fourth-order valence-corrected chi connectivity index (χ4v) is 1.92. The zero-order valence-electron chi connectivity index (χ0n) is 12.3. The third kappa shape index (κ3) is 3.52. The Morgan fingerprint density at radius 1 is 1.41 bits per heavy atom. The Bertz CT molecular complexity index is 712. The summed E-state index contributed by atoms with van der Waals surface area (Å²) in [6.07, 6.45) is 0. The molecule has 22 heavy (non-hydrogen) atoms. The zero-order chi connectivity index (χ0) is 16.1. The van der Waals surface area contributed by atoms with Gasteiger partial charge >= 0.3 is 11.7 Å². The molecule has 0 atom stereocenters. The average Bonchev–Trinajstić information content (AvgIpc) is 2.88. The number of hydrogen-bond donors (Lipinski definition) is 0. The number of likely N-dealkylation sites (N-methyl/N-ethyl adjacent to an activating group) is 1. The van der Waals surface area contributed by atoms with E-state index < -0.39 is 11.7 Å². The van der Waals surface area contributed by atoms with E-state index in [-0.39, 0.29) is 0 Å². The Balaban J connectivity index is 2.20. The molecule has 0 aliphatic heterocycles. The molecule has 0 bridgehead atoms. The third-order valence-electron chi connectivity index (χ3n) is 2.92. The second kappa shape index (κ2) is 7.19. The maximum Gasteiger partial charge on any atom is 0.377 e. The van der Waals surface area contributed by atoms with Crippen LogP contribution in [0.4, 0.5) is 4.79 Å². The Kier molecular flexibility index (Phi) is 5.29. The van der Waals surface area contributed by atoms with Gasteiger partial charge in [0.15, 0.2) is 0 Å². The number of halogens is 1. The monoisotopic (exact) mass is 325 g/mol. The van der Waals surface area contributed by atoms with Crippen molar-refractivity contribution < 1.29 is 9.53 Å². The number of carbonyl (C=O) groups is 1. The van der Waals surface area contributed by atoms with E-state index >= 15 is 0 Å². The van der Waals surface area contributed by atoms with Gasteiger partial charge in [0.25, 0.3) is 0 Å². The van der Waals surface area contributed by atoms with Crippen LogP contribution >= 0.6 is 11.6 Å². The standard InChI is InChI=1S/C13H16ClN5O3/c1-3-22-8-7-17(2)12(20)19-13(21)18(15-16-19)11-6-4-5-10(14)9-11/h4-6,9H,3,7-8H2,1-2H3. The summed E-state index contributed by atoms with van der Waals surface area (Å²) in [5.41, 5.74) is -0.218. The number of rotatable bonds is 5. The Hall–Kier alpha value is -2.19. The van der Waals surface area contributed by atoms with Gasteiger partial charge in [-0.1, -0.05) is 17.7 Å². The van der Waals surface area contributed by atoms with Crippen LogP contribution in [0.5, 0.6) is 0 Å². The van der Waals surface area contributed by atoms with Gasteiger partial charge < -0.3 is 9.64 Å². The highest BCUT2D eigenvalue weighted by Gasteiger charge is 2.18. The summed E-state index contributed by atoms with van der Waals surface area (Å²) in [6.45, 7) is 3.16. The fraction of sp³-hybridized carbons (Fsp3) is 0.385. The molecule has 2 aromatic rings. The second-order valence-corrected chi connectivity index (χ2v) is 4.90. The molecule has 2 rings (SSSR count). The minimum atomic E-state index is -0.657. The van der Waals surface area contributed by atoms with Gasteiger partial charge in [0.05, 0.1) is 12.3 Å². The lowest BCUT2D eigenvalue weighted by atomic mass is 10.3. The number of ether oxygens (including phenoxy) is 1. The van der Waals surface area contributed by atoms with Gasteiger partial charge in [-0.3, -0.25) is 0 Å². The summed E-state index contributed by atoms with van der Waals surface area (Å²) >= 11 is 5.88. The van der Waals surface area contributed by atoms with Crippen molar-refractivity contribution in [1.29, 1.82) is 0 Å². The first-order chi connectivity index (χ1) is 10.5. The quantitative estimate of drug-likeness (QED) is 0.605. The molecule has 0 aliphatic rings. The SMILES string of the molecule is CCOCCN(C)C(=O)n1nnn(-c2cccc(Cl)c2)c1=O. The zero-order valence-corrected chi connectivity index (χ0v) is 13.0. The fourth-order valence-electron chi connectivity index (χ4n) is 1.74. The topological polar surface area (TPSA) is 82.2 Å². The molecule has 8 nitrogen and oxygen atoms in total. The first-order valence-electron chi connectivity index (χ1n) is 6.68. The predicted octanol–water partition coefficient (Wildman–Crippen LogP) is 1.02. The molecule has 1 aromatic heterocycles. The van der Waals surface area contributed by atoms with Crippen molar-refractivity contribution in [2.24, 2.45) is 0 Å². The van der Waals surface area contributed by atoms with Crippen molar-refractivity contribution in [2.45, 2.75) is 6.92 Å². The predicted molar refractivity (Wildman–Crippen MR) is 80.5 cm³/mol. The number of tetrazole rings is 1. The summed E-state index contributed by atoms with van der Waals surface area (Å²) in [7, 11) is 1.56. The molecule has 1 heterocycles. The number of benzene rings is 1. The average molecular weight is 326 g/mol. The van der Waals surface area contributed by atoms with E-state index in [1.165, 1.54) is 4.90 Å². The number of amides is 1. The van der Waals surface area contributed by atoms with Crippen LogP contribution in [0.2, 0.25) is 5.02 Å². The first kappa shape index (κ1) is 16.2. The molecule has 0 radical (unpaired) electrons. The van der Waals surface area contributed by atoms with Gasteiger partial charge in [0, 0.05) is 25.2 Å². The van der Waals surface area contributed by atoms with Crippen molar-refractivity contribution in [3.8, 4) is 5.69 Å². The summed E-state index contributed by atoms with van der Waals surface area (Å²) in [4.78, 5) is 25.7. The number of aromatic nitrogens is 4. The highest BCUT2D eigenvalue weighted by atomic mass is 35.5. The summed E-state index contributed by atoms with van der Waals surface area (Å²) < 4.78 is 6.89. The first-order valence-corrected chi connectivity index (χ1v) is 7.06. The molecular weight excluding hydrogens is 310 g/mol. The normalized spacial score (nSPS) is 10.7. The highest BCUT2D eigenvalue weighted by Crippen LogP contribution is 2.12. The molecule has 1 aromatic carbocycles. The van der Waals surface area contributed by atoms with E-state index in [2.05, 4.69) is 10.4 Å². The molecule has 9 heteroatoms. The van der Waals surface area contributed by atoms with Gasteiger partial charge in [0.1, 0.15) is 0 Å². The maximum absolute atomic E-state index is 12.2. The van der Waals surface area contributed by atoms with E-state index in [4.69, 9.17) is 16.3 Å².